The van der Waals surface area contributed by atoms with Gasteiger partial charge in [-0.05, 0) is 25.2 Å². The molecule has 18 heavy (non-hydrogen) atoms. The molecule has 1 heterocycles. The fraction of sp³-hybridized carbons (Fsp3) is 0.857. The van der Waals surface area contributed by atoms with Gasteiger partial charge in [-0.2, -0.15) is 0 Å². The van der Waals surface area contributed by atoms with Crippen LogP contribution >= 0.6 is 0 Å². The summed E-state index contributed by atoms with van der Waals surface area (Å²) >= 11 is 0. The van der Waals surface area contributed by atoms with Crippen molar-refractivity contribution in [3.05, 3.63) is 0 Å². The van der Waals surface area contributed by atoms with Crippen molar-refractivity contribution in [2.75, 3.05) is 7.05 Å². The lowest BCUT2D eigenvalue weighted by atomic mass is 9.82. The summed E-state index contributed by atoms with van der Waals surface area (Å²) in [6.45, 7) is 2.23. The molecular formula is C14H24N2O2. The highest BCUT2D eigenvalue weighted by Crippen LogP contribution is 2.28. The van der Waals surface area contributed by atoms with E-state index in [0.717, 1.165) is 0 Å². The molecular weight excluding hydrogens is 228 g/mol. The lowest BCUT2D eigenvalue weighted by Crippen LogP contribution is -2.55. The molecule has 2 rings (SSSR count). The number of likely N-dealkylation sites (tertiary alicyclic amines) is 1. The Morgan fingerprint density at radius 1 is 1.22 bits per heavy atom. The van der Waals surface area contributed by atoms with E-state index < -0.39 is 0 Å². The zero-order valence-electron chi connectivity index (χ0n) is 11.4. The van der Waals surface area contributed by atoms with Gasteiger partial charge in [-0.25, -0.2) is 0 Å². The summed E-state index contributed by atoms with van der Waals surface area (Å²) in [5, 5.41) is 3.52. The molecule has 0 spiro atoms. The van der Waals surface area contributed by atoms with Crippen molar-refractivity contribution in [3.8, 4) is 0 Å². The van der Waals surface area contributed by atoms with E-state index in [1.54, 1.807) is 7.05 Å². The Bertz CT molecular complexity index is 330. The van der Waals surface area contributed by atoms with Gasteiger partial charge < -0.3 is 5.32 Å². The standard InChI is InChI=1S/C14H24N2O2/c1-3-10-6-4-5-7-11(10)15-12-8-9-13(17)16(2)14(12)18/h10-12,15H,3-9H2,1-2H3. The molecule has 4 nitrogen and oxygen atoms in total. The van der Waals surface area contributed by atoms with E-state index in [1.807, 2.05) is 0 Å². The molecule has 1 N–H and O–H groups in total. The van der Waals surface area contributed by atoms with Gasteiger partial charge in [0.2, 0.25) is 11.8 Å². The third-order valence-electron chi connectivity index (χ3n) is 4.50. The van der Waals surface area contributed by atoms with Crippen molar-refractivity contribution in [2.45, 2.75) is 64.0 Å². The van der Waals surface area contributed by atoms with Crippen LogP contribution in [-0.4, -0.2) is 35.8 Å². The lowest BCUT2D eigenvalue weighted by molar-refractivity contribution is -0.148. The number of nitrogens with one attached hydrogen (secondary N) is 1. The maximum Gasteiger partial charge on any atom is 0.246 e. The maximum absolute atomic E-state index is 12.0. The zero-order chi connectivity index (χ0) is 13.1. The average Bonchev–Trinajstić information content (AvgIpc) is 2.40. The first-order chi connectivity index (χ1) is 8.63. The van der Waals surface area contributed by atoms with Crippen LogP contribution < -0.4 is 5.32 Å². The third-order valence-corrected chi connectivity index (χ3v) is 4.50. The van der Waals surface area contributed by atoms with Crippen molar-refractivity contribution in [3.63, 3.8) is 0 Å². The smallest absolute Gasteiger partial charge is 0.246 e. The van der Waals surface area contributed by atoms with Gasteiger partial charge in [0.15, 0.2) is 0 Å². The van der Waals surface area contributed by atoms with Crippen molar-refractivity contribution in [1.29, 1.82) is 0 Å². The number of nitrogens with zero attached hydrogens (tertiary/aromatic N) is 1. The summed E-state index contributed by atoms with van der Waals surface area (Å²) in [6.07, 6.45) is 7.33. The molecule has 1 saturated carbocycles. The third kappa shape index (κ3) is 2.74. The number of hydrogen-bond acceptors (Lipinski definition) is 3. The first-order valence-electron chi connectivity index (χ1n) is 7.20. The molecule has 2 aliphatic rings. The molecule has 2 fully saturated rings. The molecule has 0 aromatic rings. The van der Waals surface area contributed by atoms with Crippen molar-refractivity contribution in [2.24, 2.45) is 5.92 Å². The van der Waals surface area contributed by atoms with Gasteiger partial charge in [-0.15, -0.1) is 0 Å². The molecule has 0 bridgehead atoms. The van der Waals surface area contributed by atoms with Crippen LogP contribution in [0.5, 0.6) is 0 Å². The number of likely N-dealkylation sites (N-methyl/N-ethyl adjacent to an activating group) is 1. The monoisotopic (exact) mass is 252 g/mol. The van der Waals surface area contributed by atoms with Gasteiger partial charge in [0, 0.05) is 19.5 Å². The van der Waals surface area contributed by atoms with E-state index in [-0.39, 0.29) is 17.9 Å². The number of piperidine rings is 1. The number of imide groups is 1. The summed E-state index contributed by atoms with van der Waals surface area (Å²) in [5.41, 5.74) is 0. The molecule has 1 aliphatic carbocycles. The van der Waals surface area contributed by atoms with Crippen LogP contribution in [0.2, 0.25) is 0 Å². The second-order valence-corrected chi connectivity index (χ2v) is 5.61. The minimum Gasteiger partial charge on any atom is -0.303 e. The lowest BCUT2D eigenvalue weighted by Gasteiger charge is -2.37. The molecule has 0 aromatic heterocycles. The van der Waals surface area contributed by atoms with E-state index >= 15 is 0 Å². The van der Waals surface area contributed by atoms with Gasteiger partial charge >= 0.3 is 0 Å². The fourth-order valence-corrected chi connectivity index (χ4v) is 3.24. The second kappa shape index (κ2) is 5.83. The Kier molecular flexibility index (Phi) is 4.38. The van der Waals surface area contributed by atoms with Crippen LogP contribution in [0.15, 0.2) is 0 Å². The molecule has 1 aliphatic heterocycles. The van der Waals surface area contributed by atoms with Crippen LogP contribution in [-0.2, 0) is 9.59 Å². The van der Waals surface area contributed by atoms with Crippen molar-refractivity contribution >= 4 is 11.8 Å². The first kappa shape index (κ1) is 13.5. The van der Waals surface area contributed by atoms with E-state index in [2.05, 4.69) is 12.2 Å². The van der Waals surface area contributed by atoms with Gasteiger partial charge in [-0.3, -0.25) is 14.5 Å². The number of hydrogen-bond donors (Lipinski definition) is 1. The average molecular weight is 252 g/mol. The van der Waals surface area contributed by atoms with Gasteiger partial charge in [0.05, 0.1) is 6.04 Å². The maximum atomic E-state index is 12.0. The van der Waals surface area contributed by atoms with Crippen molar-refractivity contribution < 1.29 is 9.59 Å². The van der Waals surface area contributed by atoms with Crippen LogP contribution in [0, 0.1) is 5.92 Å². The normalized spacial score (nSPS) is 33.9. The highest BCUT2D eigenvalue weighted by Gasteiger charge is 2.34. The molecule has 3 unspecified atom stereocenters. The molecule has 1 saturated heterocycles. The van der Waals surface area contributed by atoms with Crippen LogP contribution in [0.25, 0.3) is 0 Å². The van der Waals surface area contributed by atoms with Crippen LogP contribution in [0.3, 0.4) is 0 Å². The Morgan fingerprint density at radius 2 is 1.94 bits per heavy atom. The van der Waals surface area contributed by atoms with Crippen LogP contribution in [0.4, 0.5) is 0 Å². The fourth-order valence-electron chi connectivity index (χ4n) is 3.24. The quantitative estimate of drug-likeness (QED) is 0.778. The minimum absolute atomic E-state index is 0.0475. The molecule has 0 radical (unpaired) electrons. The summed E-state index contributed by atoms with van der Waals surface area (Å²) in [4.78, 5) is 24.8. The number of rotatable bonds is 3. The largest absolute Gasteiger partial charge is 0.303 e. The Labute approximate surface area is 109 Å². The Morgan fingerprint density at radius 3 is 2.67 bits per heavy atom. The number of carbonyl (C=O) groups excluding carboxylic acids is 2. The highest BCUT2D eigenvalue weighted by atomic mass is 16.2. The van der Waals surface area contributed by atoms with Gasteiger partial charge in [0.1, 0.15) is 0 Å². The first-order valence-corrected chi connectivity index (χ1v) is 7.20. The van der Waals surface area contributed by atoms with E-state index in [0.29, 0.717) is 24.8 Å². The second-order valence-electron chi connectivity index (χ2n) is 5.61. The topological polar surface area (TPSA) is 49.4 Å². The predicted octanol–water partition coefficient (Wildman–Crippen LogP) is 1.69. The highest BCUT2D eigenvalue weighted by molar-refractivity contribution is 6.00. The number of amides is 2. The zero-order valence-corrected chi connectivity index (χ0v) is 11.4. The van der Waals surface area contributed by atoms with Gasteiger partial charge in [-0.1, -0.05) is 26.2 Å². The molecule has 102 valence electrons. The van der Waals surface area contributed by atoms with Gasteiger partial charge in [0.25, 0.3) is 0 Å². The summed E-state index contributed by atoms with van der Waals surface area (Å²) in [6, 6.07) is 0.309. The van der Waals surface area contributed by atoms with E-state index in [1.165, 1.54) is 37.0 Å². The molecule has 4 heteroatoms. The summed E-state index contributed by atoms with van der Waals surface area (Å²) in [5.74, 6) is 0.592. The molecule has 0 aromatic carbocycles. The van der Waals surface area contributed by atoms with Crippen molar-refractivity contribution in [1.82, 2.24) is 10.2 Å². The Hall–Kier alpha value is -0.900. The summed E-state index contributed by atoms with van der Waals surface area (Å²) < 4.78 is 0. The SMILES string of the molecule is CCC1CCCCC1NC1CCC(=O)N(C)C1=O. The molecule has 2 amide bonds. The predicted molar refractivity (Wildman–Crippen MR) is 70.0 cm³/mol. The summed E-state index contributed by atoms with van der Waals surface area (Å²) in [7, 11) is 1.59. The number of carbonyl (C=O) groups is 2. The Balaban J connectivity index is 1.95. The molecule has 3 atom stereocenters. The minimum atomic E-state index is -0.148. The van der Waals surface area contributed by atoms with Crippen LogP contribution in [0.1, 0.15) is 51.9 Å². The van der Waals surface area contributed by atoms with E-state index in [9.17, 15) is 9.59 Å². The van der Waals surface area contributed by atoms with E-state index in [4.69, 9.17) is 0 Å².